The van der Waals surface area contributed by atoms with Crippen LogP contribution in [-0.4, -0.2) is 11.5 Å². The van der Waals surface area contributed by atoms with E-state index < -0.39 is 0 Å². The molecule has 0 aliphatic heterocycles. The zero-order valence-corrected chi connectivity index (χ0v) is 12.4. The Balaban J connectivity index is 2.27. The van der Waals surface area contributed by atoms with Crippen LogP contribution in [0.5, 0.6) is 0 Å². The Hall–Kier alpha value is -1.45. The molecule has 2 rings (SSSR count). The molecule has 1 atom stereocenters. The zero-order chi connectivity index (χ0) is 14.5. The number of nitrogens with one attached hydrogen (secondary N) is 1. The van der Waals surface area contributed by atoms with Gasteiger partial charge < -0.3 is 5.32 Å². The maximum Gasteiger partial charge on any atom is 0.123 e. The maximum absolute atomic E-state index is 13.4. The van der Waals surface area contributed by atoms with E-state index in [4.69, 9.17) is 11.6 Å². The van der Waals surface area contributed by atoms with Gasteiger partial charge in [0, 0.05) is 10.7 Å². The molecule has 0 saturated carbocycles. The van der Waals surface area contributed by atoms with Gasteiger partial charge in [0.1, 0.15) is 5.82 Å². The number of benzene rings is 1. The predicted octanol–water partition coefficient (Wildman–Crippen LogP) is 4.08. The molecular weight excluding hydrogens is 275 g/mol. The first-order chi connectivity index (χ1) is 9.60. The molecule has 1 unspecified atom stereocenters. The lowest BCUT2D eigenvalue weighted by molar-refractivity contribution is 0.533. The summed E-state index contributed by atoms with van der Waals surface area (Å²) < 4.78 is 13.4. The van der Waals surface area contributed by atoms with E-state index in [0.717, 1.165) is 23.5 Å². The first-order valence-electron chi connectivity index (χ1n) is 6.71. The molecule has 0 aliphatic rings. The second kappa shape index (κ2) is 6.82. The highest BCUT2D eigenvalue weighted by Crippen LogP contribution is 2.23. The fourth-order valence-electron chi connectivity index (χ4n) is 2.21. The highest BCUT2D eigenvalue weighted by Gasteiger charge is 2.15. The van der Waals surface area contributed by atoms with Crippen LogP contribution in [0.15, 0.2) is 36.4 Å². The number of pyridine rings is 1. The third-order valence-electron chi connectivity index (χ3n) is 3.15. The average Bonchev–Trinajstić information content (AvgIpc) is 2.42. The van der Waals surface area contributed by atoms with Crippen molar-refractivity contribution in [2.75, 3.05) is 6.54 Å². The fourth-order valence-corrected chi connectivity index (χ4v) is 2.40. The minimum atomic E-state index is -0.267. The third-order valence-corrected chi connectivity index (χ3v) is 3.52. The van der Waals surface area contributed by atoms with E-state index in [1.807, 2.05) is 32.0 Å². The number of nitrogens with zero attached hydrogens (tertiary/aromatic N) is 1. The molecule has 4 heteroatoms. The second-order valence-corrected chi connectivity index (χ2v) is 5.16. The van der Waals surface area contributed by atoms with Crippen molar-refractivity contribution in [2.45, 2.75) is 26.3 Å². The first-order valence-corrected chi connectivity index (χ1v) is 7.09. The van der Waals surface area contributed by atoms with E-state index >= 15 is 0 Å². The van der Waals surface area contributed by atoms with E-state index in [0.29, 0.717) is 11.4 Å². The van der Waals surface area contributed by atoms with Crippen LogP contribution in [0.2, 0.25) is 5.02 Å². The van der Waals surface area contributed by atoms with Gasteiger partial charge in [-0.1, -0.05) is 24.6 Å². The molecule has 1 aromatic carbocycles. The normalized spacial score (nSPS) is 12.4. The standard InChI is InChI=1S/C16H18ClFN2/c1-3-19-16(15-6-4-5-11(2)20-15)10-12-9-13(18)7-8-14(12)17/h4-9,16,19H,3,10H2,1-2H3. The van der Waals surface area contributed by atoms with Crippen LogP contribution in [0.3, 0.4) is 0 Å². The SMILES string of the molecule is CCNC(Cc1cc(F)ccc1Cl)c1cccc(C)n1. The summed E-state index contributed by atoms with van der Waals surface area (Å²) in [6.07, 6.45) is 0.612. The predicted molar refractivity (Wildman–Crippen MR) is 80.5 cm³/mol. The molecule has 2 aromatic rings. The largest absolute Gasteiger partial charge is 0.309 e. The minimum Gasteiger partial charge on any atom is -0.309 e. The van der Waals surface area contributed by atoms with Crippen molar-refractivity contribution in [3.05, 3.63) is 64.2 Å². The van der Waals surface area contributed by atoms with Crippen LogP contribution in [0, 0.1) is 12.7 Å². The van der Waals surface area contributed by atoms with Gasteiger partial charge in [0.15, 0.2) is 0 Å². The first kappa shape index (κ1) is 14.9. The summed E-state index contributed by atoms with van der Waals surface area (Å²) in [5.41, 5.74) is 2.71. The number of halogens is 2. The maximum atomic E-state index is 13.4. The van der Waals surface area contributed by atoms with Crippen LogP contribution < -0.4 is 5.32 Å². The number of rotatable bonds is 5. The molecule has 0 amide bonds. The van der Waals surface area contributed by atoms with Gasteiger partial charge >= 0.3 is 0 Å². The molecule has 0 bridgehead atoms. The van der Waals surface area contributed by atoms with Crippen LogP contribution in [0.1, 0.15) is 29.9 Å². The average molecular weight is 293 g/mol. The van der Waals surface area contributed by atoms with E-state index in [9.17, 15) is 4.39 Å². The molecular formula is C16H18ClFN2. The number of aryl methyl sites for hydroxylation is 1. The van der Waals surface area contributed by atoms with Crippen molar-refractivity contribution in [1.82, 2.24) is 10.3 Å². The van der Waals surface area contributed by atoms with Crippen molar-refractivity contribution in [3.8, 4) is 0 Å². The van der Waals surface area contributed by atoms with Crippen molar-refractivity contribution < 1.29 is 4.39 Å². The lowest BCUT2D eigenvalue weighted by atomic mass is 10.0. The highest BCUT2D eigenvalue weighted by atomic mass is 35.5. The topological polar surface area (TPSA) is 24.9 Å². The Morgan fingerprint density at radius 2 is 2.10 bits per heavy atom. The molecule has 0 saturated heterocycles. The molecule has 0 spiro atoms. The minimum absolute atomic E-state index is 0.0270. The van der Waals surface area contributed by atoms with Gasteiger partial charge in [-0.15, -0.1) is 0 Å². The summed E-state index contributed by atoms with van der Waals surface area (Å²) in [7, 11) is 0. The molecule has 20 heavy (non-hydrogen) atoms. The second-order valence-electron chi connectivity index (χ2n) is 4.75. The summed E-state index contributed by atoms with van der Waals surface area (Å²) in [5, 5.41) is 3.96. The monoisotopic (exact) mass is 292 g/mol. The quantitative estimate of drug-likeness (QED) is 0.898. The molecule has 2 nitrogen and oxygen atoms in total. The lowest BCUT2D eigenvalue weighted by Crippen LogP contribution is -2.24. The third kappa shape index (κ3) is 3.78. The van der Waals surface area contributed by atoms with Crippen molar-refractivity contribution >= 4 is 11.6 Å². The van der Waals surface area contributed by atoms with Gasteiger partial charge in [0.05, 0.1) is 11.7 Å². The Kier molecular flexibility index (Phi) is 5.10. The summed E-state index contributed by atoms with van der Waals surface area (Å²) >= 11 is 6.14. The van der Waals surface area contributed by atoms with Crippen LogP contribution in [-0.2, 0) is 6.42 Å². The summed E-state index contributed by atoms with van der Waals surface area (Å²) in [5.74, 6) is -0.267. The van der Waals surface area contributed by atoms with E-state index in [1.54, 1.807) is 6.07 Å². The summed E-state index contributed by atoms with van der Waals surface area (Å²) in [6, 6.07) is 10.4. The highest BCUT2D eigenvalue weighted by molar-refractivity contribution is 6.31. The molecule has 1 aromatic heterocycles. The number of aromatic nitrogens is 1. The van der Waals surface area contributed by atoms with Crippen molar-refractivity contribution in [1.29, 1.82) is 0 Å². The van der Waals surface area contributed by atoms with Gasteiger partial charge in [0.2, 0.25) is 0 Å². The fraction of sp³-hybridized carbons (Fsp3) is 0.312. The van der Waals surface area contributed by atoms with Crippen LogP contribution >= 0.6 is 11.6 Å². The number of hydrogen-bond acceptors (Lipinski definition) is 2. The molecule has 0 fully saturated rings. The van der Waals surface area contributed by atoms with E-state index in [1.165, 1.54) is 12.1 Å². The summed E-state index contributed by atoms with van der Waals surface area (Å²) in [4.78, 5) is 4.54. The van der Waals surface area contributed by atoms with Gasteiger partial charge in [-0.2, -0.15) is 0 Å². The Bertz CT molecular complexity index is 586. The molecule has 0 aliphatic carbocycles. The van der Waals surface area contributed by atoms with E-state index in [-0.39, 0.29) is 11.9 Å². The van der Waals surface area contributed by atoms with Gasteiger partial charge in [0.25, 0.3) is 0 Å². The number of likely N-dealkylation sites (N-methyl/N-ethyl adjacent to an activating group) is 1. The van der Waals surface area contributed by atoms with Gasteiger partial charge in [-0.05, 0) is 55.8 Å². The Labute approximate surface area is 124 Å². The van der Waals surface area contributed by atoms with Crippen LogP contribution in [0.4, 0.5) is 4.39 Å². The van der Waals surface area contributed by atoms with Gasteiger partial charge in [-0.3, -0.25) is 4.98 Å². The van der Waals surface area contributed by atoms with Crippen molar-refractivity contribution in [3.63, 3.8) is 0 Å². The zero-order valence-electron chi connectivity index (χ0n) is 11.7. The smallest absolute Gasteiger partial charge is 0.123 e. The van der Waals surface area contributed by atoms with E-state index in [2.05, 4.69) is 10.3 Å². The summed E-state index contributed by atoms with van der Waals surface area (Å²) in [6.45, 7) is 4.81. The number of hydrogen-bond donors (Lipinski definition) is 1. The Morgan fingerprint density at radius 1 is 1.30 bits per heavy atom. The lowest BCUT2D eigenvalue weighted by Gasteiger charge is -2.18. The molecule has 0 radical (unpaired) electrons. The molecule has 106 valence electrons. The van der Waals surface area contributed by atoms with Crippen molar-refractivity contribution in [2.24, 2.45) is 0 Å². The van der Waals surface area contributed by atoms with Crippen LogP contribution in [0.25, 0.3) is 0 Å². The molecule has 1 N–H and O–H groups in total. The Morgan fingerprint density at radius 3 is 2.80 bits per heavy atom. The van der Waals surface area contributed by atoms with Gasteiger partial charge in [-0.25, -0.2) is 4.39 Å². The molecule has 1 heterocycles.